The van der Waals surface area contributed by atoms with Gasteiger partial charge in [0, 0.05) is 12.1 Å². The smallest absolute Gasteiger partial charge is 0.212 e. The molecule has 0 saturated heterocycles. The van der Waals surface area contributed by atoms with Gasteiger partial charge < -0.3 is 5.11 Å². The van der Waals surface area contributed by atoms with Crippen LogP contribution >= 0.6 is 0 Å². The average Bonchev–Trinajstić information content (AvgIpc) is 2.31. The van der Waals surface area contributed by atoms with Gasteiger partial charge in [0.2, 0.25) is 5.88 Å². The Balaban J connectivity index is 2.98. The molecule has 74 valence electrons. The van der Waals surface area contributed by atoms with E-state index in [2.05, 4.69) is 18.9 Å². The van der Waals surface area contributed by atoms with Crippen LogP contribution < -0.4 is 0 Å². The van der Waals surface area contributed by atoms with E-state index in [-0.39, 0.29) is 0 Å². The number of nitrogens with zero attached hydrogens (tertiary/aromatic N) is 2. The van der Waals surface area contributed by atoms with E-state index in [4.69, 9.17) is 0 Å². The van der Waals surface area contributed by atoms with Gasteiger partial charge in [0.25, 0.3) is 0 Å². The third-order valence-electron chi connectivity index (χ3n) is 2.13. The van der Waals surface area contributed by atoms with Gasteiger partial charge in [-0.3, -0.25) is 0 Å². The predicted octanol–water partition coefficient (Wildman–Crippen LogP) is 2.12. The lowest BCUT2D eigenvalue weighted by Gasteiger charge is -2.03. The van der Waals surface area contributed by atoms with Crippen molar-refractivity contribution in [3.63, 3.8) is 0 Å². The molecular weight excluding hydrogens is 164 g/mol. The summed E-state index contributed by atoms with van der Waals surface area (Å²) in [7, 11) is 0. The molecule has 0 radical (unpaired) electrons. The van der Waals surface area contributed by atoms with Crippen molar-refractivity contribution in [2.75, 3.05) is 0 Å². The minimum Gasteiger partial charge on any atom is -0.493 e. The van der Waals surface area contributed by atoms with Crippen LogP contribution in [0.15, 0.2) is 0 Å². The van der Waals surface area contributed by atoms with Crippen LogP contribution in [0, 0.1) is 12.8 Å². The molecule has 0 aliphatic carbocycles. The summed E-state index contributed by atoms with van der Waals surface area (Å²) in [6.45, 7) is 8.93. The van der Waals surface area contributed by atoms with E-state index in [1.807, 2.05) is 13.8 Å². The average molecular weight is 182 g/mol. The van der Waals surface area contributed by atoms with Gasteiger partial charge >= 0.3 is 0 Å². The van der Waals surface area contributed by atoms with Crippen molar-refractivity contribution in [2.45, 2.75) is 40.7 Å². The molecular formula is C10H18N2O. The second kappa shape index (κ2) is 3.81. The largest absolute Gasteiger partial charge is 0.493 e. The van der Waals surface area contributed by atoms with Crippen molar-refractivity contribution in [3.05, 3.63) is 11.3 Å². The van der Waals surface area contributed by atoms with Crippen LogP contribution in [0.3, 0.4) is 0 Å². The molecule has 0 amide bonds. The van der Waals surface area contributed by atoms with E-state index in [9.17, 15) is 5.11 Å². The summed E-state index contributed by atoms with van der Waals surface area (Å²) in [6.07, 6.45) is 0.900. The lowest BCUT2D eigenvalue weighted by Crippen LogP contribution is -1.96. The lowest BCUT2D eigenvalue weighted by atomic mass is 10.0. The highest BCUT2D eigenvalue weighted by atomic mass is 16.3. The second-order valence-electron chi connectivity index (χ2n) is 3.80. The van der Waals surface area contributed by atoms with E-state index in [1.165, 1.54) is 0 Å². The van der Waals surface area contributed by atoms with E-state index >= 15 is 0 Å². The van der Waals surface area contributed by atoms with Gasteiger partial charge in [-0.2, -0.15) is 5.10 Å². The molecule has 0 aliphatic rings. The fraction of sp³-hybridized carbons (Fsp3) is 0.700. The van der Waals surface area contributed by atoms with Gasteiger partial charge in [-0.15, -0.1) is 0 Å². The molecule has 13 heavy (non-hydrogen) atoms. The molecule has 0 spiro atoms. The first-order valence-corrected chi connectivity index (χ1v) is 4.81. The molecule has 3 nitrogen and oxygen atoms in total. The Bertz CT molecular complexity index is 289. The van der Waals surface area contributed by atoms with Crippen LogP contribution in [-0.4, -0.2) is 14.9 Å². The fourth-order valence-corrected chi connectivity index (χ4v) is 1.47. The van der Waals surface area contributed by atoms with E-state index in [0.29, 0.717) is 11.8 Å². The van der Waals surface area contributed by atoms with E-state index in [1.54, 1.807) is 4.68 Å². The van der Waals surface area contributed by atoms with Crippen LogP contribution in [0.2, 0.25) is 0 Å². The number of aromatic nitrogens is 2. The maximum atomic E-state index is 9.76. The molecule has 0 unspecified atom stereocenters. The number of hydrogen-bond acceptors (Lipinski definition) is 2. The Morgan fingerprint density at radius 3 is 2.46 bits per heavy atom. The number of rotatable bonds is 3. The quantitative estimate of drug-likeness (QED) is 0.777. The van der Waals surface area contributed by atoms with Crippen LogP contribution in [0.4, 0.5) is 0 Å². The third kappa shape index (κ3) is 2.02. The third-order valence-corrected chi connectivity index (χ3v) is 2.13. The molecule has 0 aliphatic heterocycles. The zero-order valence-electron chi connectivity index (χ0n) is 8.83. The van der Waals surface area contributed by atoms with Gasteiger partial charge in [-0.1, -0.05) is 13.8 Å². The van der Waals surface area contributed by atoms with E-state index < -0.39 is 0 Å². The SMILES string of the molecule is CCn1nc(C)c(CC(C)C)c1O. The first-order chi connectivity index (χ1) is 6.06. The second-order valence-corrected chi connectivity index (χ2v) is 3.80. The van der Waals surface area contributed by atoms with Gasteiger partial charge in [0.15, 0.2) is 0 Å². The maximum absolute atomic E-state index is 9.76. The maximum Gasteiger partial charge on any atom is 0.212 e. The molecule has 1 rings (SSSR count). The molecule has 0 atom stereocenters. The number of aromatic hydroxyl groups is 1. The Labute approximate surface area is 79.4 Å². The zero-order valence-corrected chi connectivity index (χ0v) is 8.83. The Morgan fingerprint density at radius 1 is 1.46 bits per heavy atom. The van der Waals surface area contributed by atoms with Crippen LogP contribution in [-0.2, 0) is 13.0 Å². The minimum atomic E-state index is 0.341. The first-order valence-electron chi connectivity index (χ1n) is 4.81. The van der Waals surface area contributed by atoms with Crippen LogP contribution in [0.5, 0.6) is 5.88 Å². The summed E-state index contributed by atoms with van der Waals surface area (Å²) in [5.74, 6) is 0.896. The highest BCUT2D eigenvalue weighted by molar-refractivity contribution is 5.30. The molecule has 1 heterocycles. The van der Waals surface area contributed by atoms with Gasteiger partial charge in [0.05, 0.1) is 5.69 Å². The Kier molecular flexibility index (Phi) is 2.96. The first kappa shape index (κ1) is 10.1. The van der Waals surface area contributed by atoms with Crippen molar-refractivity contribution in [1.82, 2.24) is 9.78 Å². The van der Waals surface area contributed by atoms with Gasteiger partial charge in [-0.05, 0) is 26.2 Å². The van der Waals surface area contributed by atoms with Crippen LogP contribution in [0.1, 0.15) is 32.0 Å². The molecule has 0 saturated carbocycles. The molecule has 0 fully saturated rings. The molecule has 0 aromatic carbocycles. The highest BCUT2D eigenvalue weighted by Crippen LogP contribution is 2.23. The molecule has 3 heteroatoms. The topological polar surface area (TPSA) is 38.0 Å². The summed E-state index contributed by atoms with van der Waals surface area (Å²) in [6, 6.07) is 0. The summed E-state index contributed by atoms with van der Waals surface area (Å²) in [5, 5.41) is 14.0. The minimum absolute atomic E-state index is 0.341. The highest BCUT2D eigenvalue weighted by Gasteiger charge is 2.13. The van der Waals surface area contributed by atoms with Gasteiger partial charge in [-0.25, -0.2) is 4.68 Å². The summed E-state index contributed by atoms with van der Waals surface area (Å²) < 4.78 is 1.65. The monoisotopic (exact) mass is 182 g/mol. The Morgan fingerprint density at radius 2 is 2.08 bits per heavy atom. The van der Waals surface area contributed by atoms with E-state index in [0.717, 1.165) is 24.2 Å². The molecule has 1 N–H and O–H groups in total. The van der Waals surface area contributed by atoms with Crippen molar-refractivity contribution >= 4 is 0 Å². The summed E-state index contributed by atoms with van der Waals surface area (Å²) in [4.78, 5) is 0. The molecule has 0 bridgehead atoms. The molecule has 1 aromatic rings. The predicted molar refractivity (Wildman–Crippen MR) is 52.8 cm³/mol. The van der Waals surface area contributed by atoms with Crippen molar-refractivity contribution < 1.29 is 5.11 Å². The van der Waals surface area contributed by atoms with Gasteiger partial charge in [0.1, 0.15) is 0 Å². The van der Waals surface area contributed by atoms with Crippen LogP contribution in [0.25, 0.3) is 0 Å². The molecule has 1 aromatic heterocycles. The standard InChI is InChI=1S/C10H18N2O/c1-5-12-10(13)9(6-7(2)3)8(4)11-12/h7,13H,5-6H2,1-4H3. The number of aryl methyl sites for hydroxylation is 2. The van der Waals surface area contributed by atoms with Crippen molar-refractivity contribution in [1.29, 1.82) is 0 Å². The zero-order chi connectivity index (χ0) is 10.0. The lowest BCUT2D eigenvalue weighted by molar-refractivity contribution is 0.397. The fourth-order valence-electron chi connectivity index (χ4n) is 1.47. The Hall–Kier alpha value is -0.990. The number of hydrogen-bond donors (Lipinski definition) is 1. The summed E-state index contributed by atoms with van der Waals surface area (Å²) in [5.41, 5.74) is 1.95. The van der Waals surface area contributed by atoms with Crippen molar-refractivity contribution in [2.24, 2.45) is 5.92 Å². The summed E-state index contributed by atoms with van der Waals surface area (Å²) >= 11 is 0. The van der Waals surface area contributed by atoms with Crippen molar-refractivity contribution in [3.8, 4) is 5.88 Å². The normalized spacial score (nSPS) is 11.2.